The molecular formula is C16H25FN2. The van der Waals surface area contributed by atoms with Gasteiger partial charge in [-0.3, -0.25) is 4.90 Å². The smallest absolute Gasteiger partial charge is 0.127 e. The van der Waals surface area contributed by atoms with Crippen LogP contribution in [0.2, 0.25) is 0 Å². The molecule has 2 nitrogen and oxygen atoms in total. The van der Waals surface area contributed by atoms with E-state index >= 15 is 0 Å². The van der Waals surface area contributed by atoms with Gasteiger partial charge in [0.25, 0.3) is 0 Å². The van der Waals surface area contributed by atoms with Crippen molar-refractivity contribution >= 4 is 0 Å². The number of piperidine rings is 1. The van der Waals surface area contributed by atoms with E-state index in [4.69, 9.17) is 5.73 Å². The highest BCUT2D eigenvalue weighted by molar-refractivity contribution is 5.21. The lowest BCUT2D eigenvalue weighted by molar-refractivity contribution is 0.0853. The SMILES string of the molecule is CCC(c1ccccc1F)N1CCCCC1CCN. The Morgan fingerprint density at radius 3 is 2.84 bits per heavy atom. The van der Waals surface area contributed by atoms with E-state index in [9.17, 15) is 4.39 Å². The van der Waals surface area contributed by atoms with Crippen molar-refractivity contribution in [2.75, 3.05) is 13.1 Å². The summed E-state index contributed by atoms with van der Waals surface area (Å²) in [6.45, 7) is 3.93. The van der Waals surface area contributed by atoms with Crippen LogP contribution in [0.1, 0.15) is 50.6 Å². The Morgan fingerprint density at radius 2 is 2.16 bits per heavy atom. The summed E-state index contributed by atoms with van der Waals surface area (Å²) in [6, 6.07) is 7.90. The molecule has 2 N–H and O–H groups in total. The molecule has 1 aliphatic rings. The quantitative estimate of drug-likeness (QED) is 0.882. The van der Waals surface area contributed by atoms with Crippen LogP contribution in [0.25, 0.3) is 0 Å². The molecule has 0 radical (unpaired) electrons. The Kier molecular flexibility index (Phi) is 5.34. The average Bonchev–Trinajstić information content (AvgIpc) is 2.44. The summed E-state index contributed by atoms with van der Waals surface area (Å²) < 4.78 is 14.0. The second-order valence-corrected chi connectivity index (χ2v) is 5.41. The van der Waals surface area contributed by atoms with Gasteiger partial charge in [0.1, 0.15) is 5.82 Å². The fourth-order valence-corrected chi connectivity index (χ4v) is 3.31. The van der Waals surface area contributed by atoms with Gasteiger partial charge in [0.15, 0.2) is 0 Å². The van der Waals surface area contributed by atoms with Crippen LogP contribution in [0.15, 0.2) is 24.3 Å². The first-order valence-electron chi connectivity index (χ1n) is 7.48. The van der Waals surface area contributed by atoms with Crippen LogP contribution in [-0.2, 0) is 0 Å². The van der Waals surface area contributed by atoms with Crippen LogP contribution >= 0.6 is 0 Å². The zero-order chi connectivity index (χ0) is 13.7. The first-order valence-corrected chi connectivity index (χ1v) is 7.48. The molecule has 2 rings (SSSR count). The topological polar surface area (TPSA) is 29.3 Å². The number of likely N-dealkylation sites (tertiary alicyclic amines) is 1. The minimum Gasteiger partial charge on any atom is -0.330 e. The van der Waals surface area contributed by atoms with E-state index in [1.165, 1.54) is 19.3 Å². The van der Waals surface area contributed by atoms with E-state index < -0.39 is 0 Å². The van der Waals surface area contributed by atoms with Crippen molar-refractivity contribution in [3.05, 3.63) is 35.6 Å². The van der Waals surface area contributed by atoms with E-state index in [0.29, 0.717) is 6.04 Å². The molecule has 0 spiro atoms. The minimum atomic E-state index is -0.0774. The fourth-order valence-electron chi connectivity index (χ4n) is 3.31. The average molecular weight is 264 g/mol. The number of nitrogens with two attached hydrogens (primary N) is 1. The Morgan fingerprint density at radius 1 is 1.37 bits per heavy atom. The predicted octanol–water partition coefficient (Wildman–Crippen LogP) is 3.48. The maximum Gasteiger partial charge on any atom is 0.127 e. The molecule has 2 atom stereocenters. The summed E-state index contributed by atoms with van der Waals surface area (Å²) in [5, 5.41) is 0. The number of halogens is 1. The summed E-state index contributed by atoms with van der Waals surface area (Å²) in [5.41, 5.74) is 6.57. The molecule has 1 heterocycles. The normalized spacial score (nSPS) is 22.4. The first-order chi connectivity index (χ1) is 9.27. The van der Waals surface area contributed by atoms with Crippen LogP contribution < -0.4 is 5.73 Å². The number of hydrogen-bond acceptors (Lipinski definition) is 2. The van der Waals surface area contributed by atoms with E-state index in [0.717, 1.165) is 31.5 Å². The third kappa shape index (κ3) is 3.34. The molecule has 0 aromatic heterocycles. The summed E-state index contributed by atoms with van der Waals surface area (Å²) in [7, 11) is 0. The van der Waals surface area contributed by atoms with Gasteiger partial charge >= 0.3 is 0 Å². The van der Waals surface area contributed by atoms with E-state index in [2.05, 4.69) is 11.8 Å². The van der Waals surface area contributed by atoms with Crippen molar-refractivity contribution in [2.24, 2.45) is 5.73 Å². The number of benzene rings is 1. The molecule has 0 amide bonds. The molecule has 1 aromatic rings. The lowest BCUT2D eigenvalue weighted by atomic mass is 9.93. The van der Waals surface area contributed by atoms with Crippen LogP contribution in [0.3, 0.4) is 0 Å². The van der Waals surface area contributed by atoms with Gasteiger partial charge in [-0.05, 0) is 44.8 Å². The van der Waals surface area contributed by atoms with E-state index in [-0.39, 0.29) is 11.9 Å². The Labute approximate surface area is 115 Å². The van der Waals surface area contributed by atoms with Crippen LogP contribution in [-0.4, -0.2) is 24.0 Å². The predicted molar refractivity (Wildman–Crippen MR) is 77.4 cm³/mol. The zero-order valence-corrected chi connectivity index (χ0v) is 11.8. The molecule has 2 unspecified atom stereocenters. The van der Waals surface area contributed by atoms with Gasteiger partial charge in [0, 0.05) is 17.6 Å². The standard InChI is InChI=1S/C16H25FN2/c1-2-16(14-8-3-4-9-15(14)17)19-12-6-5-7-13(19)10-11-18/h3-4,8-9,13,16H,2,5-7,10-12,18H2,1H3. The van der Waals surface area contributed by atoms with Gasteiger partial charge in [0.05, 0.1) is 0 Å². The molecule has 19 heavy (non-hydrogen) atoms. The molecule has 0 aliphatic carbocycles. The number of nitrogens with zero attached hydrogens (tertiary/aromatic N) is 1. The van der Waals surface area contributed by atoms with Crippen molar-refractivity contribution in [3.8, 4) is 0 Å². The van der Waals surface area contributed by atoms with Crippen LogP contribution in [0.4, 0.5) is 4.39 Å². The molecule has 0 saturated carbocycles. The third-order valence-corrected chi connectivity index (χ3v) is 4.22. The maximum absolute atomic E-state index is 14.0. The number of hydrogen-bond donors (Lipinski definition) is 1. The molecule has 1 aromatic carbocycles. The molecule has 106 valence electrons. The largest absolute Gasteiger partial charge is 0.330 e. The van der Waals surface area contributed by atoms with E-state index in [1.807, 2.05) is 12.1 Å². The molecule has 0 bridgehead atoms. The summed E-state index contributed by atoms with van der Waals surface area (Å²) in [5.74, 6) is -0.0774. The van der Waals surface area contributed by atoms with Gasteiger partial charge in [0.2, 0.25) is 0 Å². The van der Waals surface area contributed by atoms with Crippen molar-refractivity contribution in [2.45, 2.75) is 51.1 Å². The van der Waals surface area contributed by atoms with Crippen LogP contribution in [0.5, 0.6) is 0 Å². The second-order valence-electron chi connectivity index (χ2n) is 5.41. The minimum absolute atomic E-state index is 0.0774. The van der Waals surface area contributed by atoms with Crippen molar-refractivity contribution in [1.29, 1.82) is 0 Å². The summed E-state index contributed by atoms with van der Waals surface area (Å²) in [4.78, 5) is 2.48. The van der Waals surface area contributed by atoms with Gasteiger partial charge in [-0.1, -0.05) is 31.5 Å². The Balaban J connectivity index is 2.22. The third-order valence-electron chi connectivity index (χ3n) is 4.22. The number of rotatable bonds is 5. The first kappa shape index (κ1) is 14.5. The highest BCUT2D eigenvalue weighted by Crippen LogP contribution is 2.33. The summed E-state index contributed by atoms with van der Waals surface area (Å²) >= 11 is 0. The fraction of sp³-hybridized carbons (Fsp3) is 0.625. The maximum atomic E-state index is 14.0. The molecular weight excluding hydrogens is 239 g/mol. The molecule has 1 fully saturated rings. The highest BCUT2D eigenvalue weighted by atomic mass is 19.1. The second kappa shape index (κ2) is 7.01. The van der Waals surface area contributed by atoms with Gasteiger partial charge in [-0.15, -0.1) is 0 Å². The highest BCUT2D eigenvalue weighted by Gasteiger charge is 2.29. The van der Waals surface area contributed by atoms with Crippen molar-refractivity contribution < 1.29 is 4.39 Å². The van der Waals surface area contributed by atoms with Crippen molar-refractivity contribution in [3.63, 3.8) is 0 Å². The zero-order valence-electron chi connectivity index (χ0n) is 11.8. The van der Waals surface area contributed by atoms with Gasteiger partial charge < -0.3 is 5.73 Å². The molecule has 1 saturated heterocycles. The Bertz CT molecular complexity index is 392. The Hall–Kier alpha value is -0.930. The summed E-state index contributed by atoms with van der Waals surface area (Å²) in [6.07, 6.45) is 5.65. The monoisotopic (exact) mass is 264 g/mol. The van der Waals surface area contributed by atoms with Crippen LogP contribution in [0, 0.1) is 5.82 Å². The van der Waals surface area contributed by atoms with Crippen molar-refractivity contribution in [1.82, 2.24) is 4.90 Å². The van der Waals surface area contributed by atoms with Gasteiger partial charge in [-0.25, -0.2) is 4.39 Å². The molecule has 1 aliphatic heterocycles. The van der Waals surface area contributed by atoms with Gasteiger partial charge in [-0.2, -0.15) is 0 Å². The lowest BCUT2D eigenvalue weighted by Gasteiger charge is -2.41. The van der Waals surface area contributed by atoms with E-state index in [1.54, 1.807) is 12.1 Å². The molecule has 3 heteroatoms. The lowest BCUT2D eigenvalue weighted by Crippen LogP contribution is -2.43.